The second kappa shape index (κ2) is 9.97. The predicted octanol–water partition coefficient (Wildman–Crippen LogP) is 3.19. The van der Waals surface area contributed by atoms with Gasteiger partial charge in [-0.3, -0.25) is 0 Å². The molecule has 1 aromatic carbocycles. The predicted molar refractivity (Wildman–Crippen MR) is 122 cm³/mol. The smallest absolute Gasteiger partial charge is 0.229 e. The van der Waals surface area contributed by atoms with Crippen LogP contribution in [0.5, 0.6) is 0 Å². The quantitative estimate of drug-likeness (QED) is 0.633. The van der Waals surface area contributed by atoms with Crippen molar-refractivity contribution >= 4 is 48.0 Å². The van der Waals surface area contributed by atoms with E-state index in [9.17, 15) is 0 Å². The Morgan fingerprint density at radius 2 is 2.00 bits per heavy atom. The molecule has 2 aliphatic rings. The fourth-order valence-electron chi connectivity index (χ4n) is 4.05. The molecule has 0 saturated carbocycles. The number of nitrogen functional groups attached to an aromatic ring is 1. The monoisotopic (exact) mass is 435 g/mol. The van der Waals surface area contributed by atoms with Crippen LogP contribution in [0.25, 0.3) is 0 Å². The van der Waals surface area contributed by atoms with Gasteiger partial charge in [0.05, 0.1) is 17.3 Å². The summed E-state index contributed by atoms with van der Waals surface area (Å²) < 4.78 is 0. The van der Waals surface area contributed by atoms with Crippen molar-refractivity contribution in [3.05, 3.63) is 35.0 Å². The summed E-state index contributed by atoms with van der Waals surface area (Å²) >= 11 is 0. The number of fused-ring (bicyclic) bond motifs is 1. The summed E-state index contributed by atoms with van der Waals surface area (Å²) in [5.74, 6) is 1.64. The molecule has 1 atom stereocenters. The van der Waals surface area contributed by atoms with Gasteiger partial charge in [-0.05, 0) is 57.4 Å². The van der Waals surface area contributed by atoms with E-state index in [0.717, 1.165) is 56.0 Å². The highest BCUT2D eigenvalue weighted by Gasteiger charge is 2.26. The fourth-order valence-corrected chi connectivity index (χ4v) is 4.05. The third-order valence-corrected chi connectivity index (χ3v) is 5.38. The Kier molecular flexibility index (Phi) is 7.91. The number of aryl methyl sites for hydroxylation is 1. The summed E-state index contributed by atoms with van der Waals surface area (Å²) in [4.78, 5) is 12.0. The molecule has 1 fully saturated rings. The Morgan fingerprint density at radius 1 is 1.17 bits per heavy atom. The molecular weight excluding hydrogens is 409 g/mol. The minimum absolute atomic E-state index is 0. The number of nitriles is 1. The topological polar surface area (TPSA) is 103 Å². The minimum Gasteiger partial charge on any atom is -0.399 e. The van der Waals surface area contributed by atoms with E-state index in [0.29, 0.717) is 23.2 Å². The Morgan fingerprint density at radius 3 is 2.76 bits per heavy atom. The largest absolute Gasteiger partial charge is 0.399 e. The molecule has 0 radical (unpaired) electrons. The molecule has 7 nitrogen and oxygen atoms in total. The molecule has 156 valence electrons. The number of nitrogens with zero attached hydrogens (tertiary/aromatic N) is 4. The van der Waals surface area contributed by atoms with Gasteiger partial charge < -0.3 is 21.3 Å². The van der Waals surface area contributed by atoms with E-state index in [2.05, 4.69) is 21.6 Å². The molecule has 0 amide bonds. The maximum atomic E-state index is 9.16. The van der Waals surface area contributed by atoms with Crippen LogP contribution in [-0.4, -0.2) is 36.1 Å². The van der Waals surface area contributed by atoms with Gasteiger partial charge in [-0.1, -0.05) is 0 Å². The van der Waals surface area contributed by atoms with Crippen molar-refractivity contribution in [1.29, 1.82) is 5.26 Å². The highest BCUT2D eigenvalue weighted by molar-refractivity contribution is 5.85. The lowest BCUT2D eigenvalue weighted by Crippen LogP contribution is -2.45. The van der Waals surface area contributed by atoms with E-state index in [1.165, 1.54) is 12.0 Å². The van der Waals surface area contributed by atoms with E-state index in [1.54, 1.807) is 18.2 Å². The lowest BCUT2D eigenvalue weighted by molar-refractivity contribution is 0.447. The van der Waals surface area contributed by atoms with Crippen LogP contribution >= 0.6 is 24.8 Å². The van der Waals surface area contributed by atoms with Crippen LogP contribution in [0.2, 0.25) is 0 Å². The summed E-state index contributed by atoms with van der Waals surface area (Å²) in [6.07, 6.45) is 5.52. The van der Waals surface area contributed by atoms with Crippen LogP contribution < -0.4 is 21.3 Å². The van der Waals surface area contributed by atoms with Gasteiger partial charge in [-0.25, -0.2) is 4.98 Å². The molecule has 2 heterocycles. The number of rotatable bonds is 4. The molecule has 2 aromatic rings. The Balaban J connectivity index is 0.00000150. The van der Waals surface area contributed by atoms with Crippen molar-refractivity contribution < 1.29 is 0 Å². The van der Waals surface area contributed by atoms with E-state index in [4.69, 9.17) is 21.0 Å². The average molecular weight is 436 g/mol. The van der Waals surface area contributed by atoms with Crippen LogP contribution in [-0.2, 0) is 12.8 Å². The first-order valence-corrected chi connectivity index (χ1v) is 9.56. The fraction of sp³-hybridized carbons (Fsp3) is 0.450. The van der Waals surface area contributed by atoms with Crippen LogP contribution in [0.1, 0.15) is 36.1 Å². The van der Waals surface area contributed by atoms with Gasteiger partial charge in [0.2, 0.25) is 5.95 Å². The number of nitrogens with one attached hydrogen (secondary N) is 2. The lowest BCUT2D eigenvalue weighted by atomic mass is 10.1. The molecule has 1 aromatic heterocycles. The van der Waals surface area contributed by atoms with Gasteiger partial charge in [0.1, 0.15) is 5.82 Å². The first-order valence-electron chi connectivity index (χ1n) is 9.56. The van der Waals surface area contributed by atoms with E-state index in [-0.39, 0.29) is 24.8 Å². The number of likely N-dealkylation sites (N-methyl/N-ethyl adjacent to an activating group) is 1. The molecule has 0 spiro atoms. The molecule has 4 N–H and O–H groups in total. The maximum Gasteiger partial charge on any atom is 0.229 e. The van der Waals surface area contributed by atoms with Crippen LogP contribution in [0.4, 0.5) is 23.1 Å². The number of hydrogen-bond donors (Lipinski definition) is 3. The van der Waals surface area contributed by atoms with Gasteiger partial charge in [0.25, 0.3) is 0 Å². The van der Waals surface area contributed by atoms with Gasteiger partial charge in [-0.2, -0.15) is 10.2 Å². The highest BCUT2D eigenvalue weighted by atomic mass is 35.5. The minimum atomic E-state index is 0. The zero-order valence-corrected chi connectivity index (χ0v) is 18.1. The standard InChI is InChI=1S/C20H25N7.2ClH/c1-23-15-4-3-7-27(12-15)19-17-5-2-6-18(17)25-20(26-19)24-16-9-13(11-21)8-14(22)10-16;;/h8-10,15,23H,2-7,12,22H2,1H3,(H,24,25,26);2*1H/t15-;;/m1../s1. The summed E-state index contributed by atoms with van der Waals surface area (Å²) in [6.45, 7) is 1.99. The first-order chi connectivity index (χ1) is 13.2. The van der Waals surface area contributed by atoms with Crippen molar-refractivity contribution in [1.82, 2.24) is 15.3 Å². The number of nitrogens with two attached hydrogens (primary N) is 1. The number of anilines is 4. The second-order valence-electron chi connectivity index (χ2n) is 7.30. The van der Waals surface area contributed by atoms with Crippen molar-refractivity contribution in [3.63, 3.8) is 0 Å². The van der Waals surface area contributed by atoms with Crippen LogP contribution in [0.3, 0.4) is 0 Å². The number of aromatic nitrogens is 2. The maximum absolute atomic E-state index is 9.16. The molecule has 1 aliphatic carbocycles. The third kappa shape index (κ3) is 5.02. The molecule has 9 heteroatoms. The number of piperidine rings is 1. The third-order valence-electron chi connectivity index (χ3n) is 5.38. The van der Waals surface area contributed by atoms with Crippen molar-refractivity contribution in [2.24, 2.45) is 0 Å². The van der Waals surface area contributed by atoms with Crippen molar-refractivity contribution in [2.75, 3.05) is 36.1 Å². The molecule has 0 bridgehead atoms. The summed E-state index contributed by atoms with van der Waals surface area (Å²) in [5, 5.41) is 15.8. The van der Waals surface area contributed by atoms with Gasteiger partial charge >= 0.3 is 0 Å². The molecule has 1 saturated heterocycles. The van der Waals surface area contributed by atoms with Crippen molar-refractivity contribution in [2.45, 2.75) is 38.1 Å². The number of benzene rings is 1. The Labute approximate surface area is 183 Å². The summed E-state index contributed by atoms with van der Waals surface area (Å²) in [6, 6.07) is 7.86. The zero-order chi connectivity index (χ0) is 18.8. The van der Waals surface area contributed by atoms with Crippen LogP contribution in [0.15, 0.2) is 18.2 Å². The van der Waals surface area contributed by atoms with Gasteiger partial charge in [0.15, 0.2) is 0 Å². The number of halogens is 2. The van der Waals surface area contributed by atoms with E-state index >= 15 is 0 Å². The van der Waals surface area contributed by atoms with Gasteiger partial charge in [-0.15, -0.1) is 24.8 Å². The second-order valence-corrected chi connectivity index (χ2v) is 7.30. The van der Waals surface area contributed by atoms with Gasteiger partial charge in [0, 0.05) is 36.1 Å². The molecule has 29 heavy (non-hydrogen) atoms. The lowest BCUT2D eigenvalue weighted by Gasteiger charge is -2.34. The summed E-state index contributed by atoms with van der Waals surface area (Å²) in [5.41, 5.74) is 10.1. The molecular formula is C20H27Cl2N7. The SMILES string of the molecule is CN[C@@H]1CCCN(c2nc(Nc3cc(N)cc(C#N)c3)nc3c2CCC3)C1.Cl.Cl. The van der Waals surface area contributed by atoms with Crippen LogP contribution in [0, 0.1) is 11.3 Å². The first kappa shape index (κ1) is 23.0. The van der Waals surface area contributed by atoms with E-state index < -0.39 is 0 Å². The molecule has 0 unspecified atom stereocenters. The Hall–Kier alpha value is -2.27. The Bertz CT molecular complexity index is 897. The van der Waals surface area contributed by atoms with E-state index in [1.807, 2.05) is 7.05 Å². The molecule has 4 rings (SSSR count). The van der Waals surface area contributed by atoms with Crippen molar-refractivity contribution in [3.8, 4) is 6.07 Å². The zero-order valence-electron chi connectivity index (χ0n) is 16.4. The molecule has 1 aliphatic heterocycles. The summed E-state index contributed by atoms with van der Waals surface area (Å²) in [7, 11) is 2.03. The normalized spacial score (nSPS) is 17.5. The average Bonchev–Trinajstić information content (AvgIpc) is 3.15. The number of hydrogen-bond acceptors (Lipinski definition) is 7. The highest BCUT2D eigenvalue weighted by Crippen LogP contribution is 2.32.